The second kappa shape index (κ2) is 6.43. The Morgan fingerprint density at radius 2 is 2.16 bits per heavy atom. The van der Waals surface area contributed by atoms with Crippen molar-refractivity contribution in [3.05, 3.63) is 24.3 Å². The first-order valence-electron chi connectivity index (χ1n) is 6.56. The van der Waals surface area contributed by atoms with Crippen molar-refractivity contribution in [3.8, 4) is 5.75 Å². The number of nitrogens with zero attached hydrogens (tertiary/aromatic N) is 1. The van der Waals surface area contributed by atoms with E-state index in [2.05, 4.69) is 0 Å². The van der Waals surface area contributed by atoms with Gasteiger partial charge in [0.25, 0.3) is 0 Å². The van der Waals surface area contributed by atoms with E-state index in [1.807, 2.05) is 0 Å². The van der Waals surface area contributed by atoms with E-state index < -0.39 is 0 Å². The molecule has 0 spiro atoms. The molecule has 1 heterocycles. The van der Waals surface area contributed by atoms with Crippen molar-refractivity contribution in [2.75, 3.05) is 32.0 Å². The Labute approximate surface area is 113 Å². The SMILES string of the molecule is Nc1ccc(OCCC(=O)N2CCC(CO)C2)cc1. The number of rotatable bonds is 5. The van der Waals surface area contributed by atoms with Crippen LogP contribution in [0.5, 0.6) is 5.75 Å². The summed E-state index contributed by atoms with van der Waals surface area (Å²) in [6.07, 6.45) is 1.25. The molecule has 1 aromatic rings. The zero-order chi connectivity index (χ0) is 13.7. The fourth-order valence-corrected chi connectivity index (χ4v) is 2.19. The lowest BCUT2D eigenvalue weighted by Crippen LogP contribution is -2.30. The molecule has 0 bridgehead atoms. The maximum Gasteiger partial charge on any atom is 0.226 e. The fraction of sp³-hybridized carbons (Fsp3) is 0.500. The average molecular weight is 264 g/mol. The van der Waals surface area contributed by atoms with Crippen LogP contribution in [0, 0.1) is 5.92 Å². The molecule has 0 saturated carbocycles. The summed E-state index contributed by atoms with van der Waals surface area (Å²) < 4.78 is 5.49. The van der Waals surface area contributed by atoms with Gasteiger partial charge in [0, 0.05) is 31.3 Å². The van der Waals surface area contributed by atoms with Gasteiger partial charge in [-0.1, -0.05) is 0 Å². The van der Waals surface area contributed by atoms with Crippen molar-refractivity contribution in [2.24, 2.45) is 5.92 Å². The van der Waals surface area contributed by atoms with Crippen molar-refractivity contribution in [1.29, 1.82) is 0 Å². The number of nitrogen functional groups attached to an aromatic ring is 1. The molecule has 5 heteroatoms. The van der Waals surface area contributed by atoms with Gasteiger partial charge in [0.2, 0.25) is 5.91 Å². The van der Waals surface area contributed by atoms with Crippen LogP contribution in [0.3, 0.4) is 0 Å². The van der Waals surface area contributed by atoms with Gasteiger partial charge in [-0.2, -0.15) is 0 Å². The second-order valence-corrected chi connectivity index (χ2v) is 4.84. The van der Waals surface area contributed by atoms with Gasteiger partial charge >= 0.3 is 0 Å². The van der Waals surface area contributed by atoms with E-state index in [0.717, 1.165) is 18.7 Å². The number of likely N-dealkylation sites (tertiary alicyclic amines) is 1. The van der Waals surface area contributed by atoms with Crippen molar-refractivity contribution in [1.82, 2.24) is 4.90 Å². The summed E-state index contributed by atoms with van der Waals surface area (Å²) in [5.41, 5.74) is 6.27. The summed E-state index contributed by atoms with van der Waals surface area (Å²) in [4.78, 5) is 13.7. The lowest BCUT2D eigenvalue weighted by molar-refractivity contribution is -0.130. The lowest BCUT2D eigenvalue weighted by atomic mass is 10.1. The largest absolute Gasteiger partial charge is 0.493 e. The third kappa shape index (κ3) is 3.86. The molecule has 3 N–H and O–H groups in total. The van der Waals surface area contributed by atoms with Crippen LogP contribution in [-0.2, 0) is 4.79 Å². The topological polar surface area (TPSA) is 75.8 Å². The number of benzene rings is 1. The molecular formula is C14H20N2O3. The number of carbonyl (C=O) groups excluding carboxylic acids is 1. The van der Waals surface area contributed by atoms with Crippen LogP contribution >= 0.6 is 0 Å². The van der Waals surface area contributed by atoms with E-state index >= 15 is 0 Å². The Morgan fingerprint density at radius 3 is 2.79 bits per heavy atom. The van der Waals surface area contributed by atoms with E-state index in [-0.39, 0.29) is 18.4 Å². The molecule has 1 aromatic carbocycles. The highest BCUT2D eigenvalue weighted by Crippen LogP contribution is 2.17. The molecule has 1 unspecified atom stereocenters. The molecule has 1 aliphatic rings. The smallest absolute Gasteiger partial charge is 0.226 e. The van der Waals surface area contributed by atoms with Gasteiger partial charge in [-0.3, -0.25) is 4.79 Å². The van der Waals surface area contributed by atoms with Crippen LogP contribution in [0.25, 0.3) is 0 Å². The highest BCUT2D eigenvalue weighted by atomic mass is 16.5. The molecule has 5 nitrogen and oxygen atoms in total. The highest BCUT2D eigenvalue weighted by Gasteiger charge is 2.25. The highest BCUT2D eigenvalue weighted by molar-refractivity contribution is 5.76. The van der Waals surface area contributed by atoms with E-state index in [0.29, 0.717) is 25.3 Å². The molecule has 0 aromatic heterocycles. The number of hydrogen-bond donors (Lipinski definition) is 2. The predicted molar refractivity (Wildman–Crippen MR) is 72.7 cm³/mol. The van der Waals surface area contributed by atoms with Crippen LogP contribution in [0.2, 0.25) is 0 Å². The van der Waals surface area contributed by atoms with Crippen LogP contribution in [-0.4, -0.2) is 42.2 Å². The fourth-order valence-electron chi connectivity index (χ4n) is 2.19. The summed E-state index contributed by atoms with van der Waals surface area (Å²) in [6, 6.07) is 7.11. The van der Waals surface area contributed by atoms with Crippen molar-refractivity contribution < 1.29 is 14.6 Å². The molecule has 19 heavy (non-hydrogen) atoms. The number of hydrogen-bond acceptors (Lipinski definition) is 4. The molecule has 1 atom stereocenters. The summed E-state index contributed by atoms with van der Waals surface area (Å²) >= 11 is 0. The number of nitrogens with two attached hydrogens (primary N) is 1. The van der Waals surface area contributed by atoms with Gasteiger partial charge in [0.15, 0.2) is 0 Å². The summed E-state index contributed by atoms with van der Waals surface area (Å²) in [5, 5.41) is 9.04. The maximum atomic E-state index is 11.9. The quantitative estimate of drug-likeness (QED) is 0.774. The molecule has 1 fully saturated rings. The average Bonchev–Trinajstić information content (AvgIpc) is 2.90. The minimum atomic E-state index is 0.0893. The summed E-state index contributed by atoms with van der Waals surface area (Å²) in [5.74, 6) is 1.05. The second-order valence-electron chi connectivity index (χ2n) is 4.84. The van der Waals surface area contributed by atoms with Gasteiger partial charge in [0.1, 0.15) is 5.75 Å². The van der Waals surface area contributed by atoms with Crippen LogP contribution in [0.1, 0.15) is 12.8 Å². The molecule has 0 radical (unpaired) electrons. The van der Waals surface area contributed by atoms with E-state index in [4.69, 9.17) is 15.6 Å². The Balaban J connectivity index is 1.71. The third-order valence-electron chi connectivity index (χ3n) is 3.36. The molecule has 1 saturated heterocycles. The summed E-state index contributed by atoms with van der Waals surface area (Å²) in [6.45, 7) is 1.93. The molecule has 1 amide bonds. The zero-order valence-electron chi connectivity index (χ0n) is 10.9. The maximum absolute atomic E-state index is 11.9. The standard InChI is InChI=1S/C14H20N2O3/c15-12-1-3-13(4-2-12)19-8-6-14(18)16-7-5-11(9-16)10-17/h1-4,11,17H,5-10,15H2. The summed E-state index contributed by atoms with van der Waals surface area (Å²) in [7, 11) is 0. The van der Waals surface area contributed by atoms with Gasteiger partial charge in [0.05, 0.1) is 13.0 Å². The van der Waals surface area contributed by atoms with Crippen molar-refractivity contribution >= 4 is 11.6 Å². The first-order valence-corrected chi connectivity index (χ1v) is 6.56. The number of aliphatic hydroxyl groups excluding tert-OH is 1. The minimum Gasteiger partial charge on any atom is -0.493 e. The van der Waals surface area contributed by atoms with Crippen molar-refractivity contribution in [3.63, 3.8) is 0 Å². The number of anilines is 1. The van der Waals surface area contributed by atoms with Gasteiger partial charge in [-0.15, -0.1) is 0 Å². The Bertz CT molecular complexity index is 419. The molecule has 1 aliphatic heterocycles. The van der Waals surface area contributed by atoms with Crippen molar-refractivity contribution in [2.45, 2.75) is 12.8 Å². The monoisotopic (exact) mass is 264 g/mol. The van der Waals surface area contributed by atoms with Gasteiger partial charge in [-0.25, -0.2) is 0 Å². The number of ether oxygens (including phenoxy) is 1. The minimum absolute atomic E-state index is 0.0893. The Kier molecular flexibility index (Phi) is 4.63. The lowest BCUT2D eigenvalue weighted by Gasteiger charge is -2.16. The molecule has 0 aliphatic carbocycles. The van der Waals surface area contributed by atoms with Crippen LogP contribution in [0.15, 0.2) is 24.3 Å². The molecule has 2 rings (SSSR count). The van der Waals surface area contributed by atoms with Gasteiger partial charge < -0.3 is 20.5 Å². The molecular weight excluding hydrogens is 244 g/mol. The third-order valence-corrected chi connectivity index (χ3v) is 3.36. The van der Waals surface area contributed by atoms with E-state index in [1.54, 1.807) is 29.2 Å². The Hall–Kier alpha value is -1.75. The zero-order valence-corrected chi connectivity index (χ0v) is 10.9. The predicted octanol–water partition coefficient (Wildman–Crippen LogP) is 0.878. The number of carbonyl (C=O) groups is 1. The number of aliphatic hydroxyl groups is 1. The van der Waals surface area contributed by atoms with Crippen LogP contribution < -0.4 is 10.5 Å². The first-order chi connectivity index (χ1) is 9.19. The van der Waals surface area contributed by atoms with Crippen LogP contribution in [0.4, 0.5) is 5.69 Å². The van der Waals surface area contributed by atoms with Gasteiger partial charge in [-0.05, 0) is 30.7 Å². The van der Waals surface area contributed by atoms with E-state index in [1.165, 1.54) is 0 Å². The number of amides is 1. The normalized spacial score (nSPS) is 18.6. The first kappa shape index (κ1) is 13.7. The Morgan fingerprint density at radius 1 is 1.42 bits per heavy atom. The molecule has 104 valence electrons. The van der Waals surface area contributed by atoms with E-state index in [9.17, 15) is 4.79 Å².